The van der Waals surface area contributed by atoms with Gasteiger partial charge in [0.1, 0.15) is 18.3 Å². The molecule has 1 aromatic carbocycles. The zero-order chi connectivity index (χ0) is 41.0. The number of benzene rings is 1. The molecule has 0 bridgehead atoms. The Morgan fingerprint density at radius 2 is 1.85 bits per heavy atom. The second-order valence-electron chi connectivity index (χ2n) is 15.7. The summed E-state index contributed by atoms with van der Waals surface area (Å²) < 4.78 is 11.2. The molecule has 4 aromatic heterocycles. The van der Waals surface area contributed by atoms with Crippen molar-refractivity contribution in [1.82, 2.24) is 39.1 Å². The molecule has 1 unspecified atom stereocenters. The molecule has 8 rings (SSSR count). The first-order chi connectivity index (χ1) is 28.6. The van der Waals surface area contributed by atoms with E-state index >= 15 is 0 Å². The van der Waals surface area contributed by atoms with Gasteiger partial charge in [-0.15, -0.1) is 0 Å². The molecule has 6 heterocycles. The maximum Gasteiger partial charge on any atom is 0.329 e. The van der Waals surface area contributed by atoms with Crippen molar-refractivity contribution in [3.05, 3.63) is 99.8 Å². The molecule has 3 amide bonds. The minimum Gasteiger partial charge on any atom is -0.365 e. The van der Waals surface area contributed by atoms with E-state index in [4.69, 9.17) is 16.4 Å². The van der Waals surface area contributed by atoms with Crippen molar-refractivity contribution in [2.45, 2.75) is 76.5 Å². The highest BCUT2D eigenvalue weighted by Gasteiger charge is 2.32. The number of pyridine rings is 2. The smallest absolute Gasteiger partial charge is 0.329 e. The summed E-state index contributed by atoms with van der Waals surface area (Å²) in [6.07, 6.45) is 13.2. The van der Waals surface area contributed by atoms with Crippen molar-refractivity contribution >= 4 is 40.1 Å². The van der Waals surface area contributed by atoms with Gasteiger partial charge >= 0.3 is 5.69 Å². The lowest BCUT2D eigenvalue weighted by Gasteiger charge is -2.36. The quantitative estimate of drug-likeness (QED) is 0.114. The predicted molar refractivity (Wildman–Crippen MR) is 221 cm³/mol. The van der Waals surface area contributed by atoms with Gasteiger partial charge in [-0.25, -0.2) is 9.64 Å². The Bertz CT molecular complexity index is 2560. The Kier molecular flexibility index (Phi) is 11.5. The minimum absolute atomic E-state index is 0.129. The number of carbonyl (C=O) groups excluding carboxylic acids is 3. The number of hydrogen-bond acceptors (Lipinski definition) is 9. The molecule has 2 aliphatic heterocycles. The largest absolute Gasteiger partial charge is 0.365 e. The molecule has 15 heteroatoms. The maximum atomic E-state index is 13.2. The van der Waals surface area contributed by atoms with E-state index < -0.39 is 11.9 Å². The highest BCUT2D eigenvalue weighted by Crippen LogP contribution is 2.36. The number of fused-ring (bicyclic) bond motifs is 1. The van der Waals surface area contributed by atoms with Gasteiger partial charge in [0.05, 0.1) is 46.7 Å². The molecule has 2 N–H and O–H groups in total. The third-order valence-electron chi connectivity index (χ3n) is 11.7. The van der Waals surface area contributed by atoms with Crippen molar-refractivity contribution in [3.8, 4) is 23.2 Å². The van der Waals surface area contributed by atoms with Gasteiger partial charge in [0.15, 0.2) is 0 Å². The molecule has 2 saturated heterocycles. The number of hydrogen-bond donors (Lipinski definition) is 2. The average Bonchev–Trinajstić information content (AvgIpc) is 3.78. The summed E-state index contributed by atoms with van der Waals surface area (Å²) in [4.78, 5) is 65.4. The first-order valence-electron chi connectivity index (χ1n) is 20.2. The van der Waals surface area contributed by atoms with Crippen LogP contribution >= 0.6 is 0 Å². The third-order valence-corrected chi connectivity index (χ3v) is 11.7. The van der Waals surface area contributed by atoms with E-state index in [-0.39, 0.29) is 49.1 Å². The second kappa shape index (κ2) is 17.2. The number of anilines is 1. The monoisotopic (exact) mass is 794 g/mol. The summed E-state index contributed by atoms with van der Waals surface area (Å²) in [5.41, 5.74) is 5.12. The zero-order valence-corrected chi connectivity index (χ0v) is 33.2. The molecule has 1 aliphatic carbocycles. The number of aryl methyl sites for hydroxylation is 2. The van der Waals surface area contributed by atoms with Crippen LogP contribution in [0.3, 0.4) is 0 Å². The number of rotatable bonds is 9. The number of piperidine rings is 2. The van der Waals surface area contributed by atoms with Gasteiger partial charge in [0, 0.05) is 63.5 Å². The number of carbonyl (C=O) groups is 3. The number of likely N-dealkylation sites (tertiary alicyclic amines) is 1. The van der Waals surface area contributed by atoms with Gasteiger partial charge in [0.25, 0.3) is 5.91 Å². The SMILES string of the molecule is [C-]#[N+]c1cncc(C(=O)Nc2cn(C3CCC(CN4CCC(OCC#Cc5cccc6c5n(C)c(=O)n6C5CCC(=O)NC5=O)CC4)CC3)nc2-c2ccc(C)cn2)c1. The predicted octanol–water partition coefficient (Wildman–Crippen LogP) is 5.35. The van der Waals surface area contributed by atoms with Crippen LogP contribution in [0.2, 0.25) is 0 Å². The average molecular weight is 795 g/mol. The van der Waals surface area contributed by atoms with Crippen LogP contribution in [0.1, 0.15) is 84.9 Å². The molecular formula is C44H46N10O5. The lowest BCUT2D eigenvalue weighted by Crippen LogP contribution is -2.44. The van der Waals surface area contributed by atoms with Crippen LogP contribution in [-0.2, 0) is 21.4 Å². The Morgan fingerprint density at radius 1 is 1.03 bits per heavy atom. The fourth-order valence-corrected chi connectivity index (χ4v) is 8.55. The number of nitrogens with one attached hydrogen (secondary N) is 2. The lowest BCUT2D eigenvalue weighted by molar-refractivity contribution is -0.135. The zero-order valence-electron chi connectivity index (χ0n) is 33.2. The van der Waals surface area contributed by atoms with E-state index in [0.717, 1.165) is 63.7 Å². The summed E-state index contributed by atoms with van der Waals surface area (Å²) >= 11 is 0. The van der Waals surface area contributed by atoms with Gasteiger partial charge in [-0.05, 0) is 87.6 Å². The number of nitrogens with zero attached hydrogens (tertiary/aromatic N) is 8. The number of aromatic nitrogens is 6. The van der Waals surface area contributed by atoms with Crippen LogP contribution in [0.5, 0.6) is 0 Å². The van der Waals surface area contributed by atoms with Crippen LogP contribution in [0.15, 0.2) is 66.0 Å². The topological polar surface area (TPSA) is 163 Å². The Morgan fingerprint density at radius 3 is 2.59 bits per heavy atom. The fraction of sp³-hybridized carbons (Fsp3) is 0.409. The minimum atomic E-state index is -0.744. The molecule has 1 saturated carbocycles. The summed E-state index contributed by atoms with van der Waals surface area (Å²) in [5.74, 6) is 5.78. The van der Waals surface area contributed by atoms with Gasteiger partial charge in [-0.2, -0.15) is 5.10 Å². The van der Waals surface area contributed by atoms with Crippen molar-refractivity contribution in [3.63, 3.8) is 0 Å². The highest BCUT2D eigenvalue weighted by atomic mass is 16.5. The molecule has 3 aliphatic rings. The van der Waals surface area contributed by atoms with Gasteiger partial charge in [-0.1, -0.05) is 24.0 Å². The second-order valence-corrected chi connectivity index (χ2v) is 15.7. The lowest BCUT2D eigenvalue weighted by atomic mass is 9.85. The van der Waals surface area contributed by atoms with Crippen molar-refractivity contribution in [2.75, 3.05) is 31.6 Å². The van der Waals surface area contributed by atoms with Gasteiger partial charge in [0.2, 0.25) is 17.5 Å². The third kappa shape index (κ3) is 8.58. The molecule has 5 aromatic rings. The molecule has 0 radical (unpaired) electrons. The summed E-state index contributed by atoms with van der Waals surface area (Å²) in [5, 5.41) is 10.3. The number of imidazole rings is 1. The van der Waals surface area contributed by atoms with Crippen LogP contribution in [-0.4, -0.2) is 83.8 Å². The van der Waals surface area contributed by atoms with Crippen molar-refractivity contribution in [1.29, 1.82) is 0 Å². The van der Waals surface area contributed by atoms with Crippen molar-refractivity contribution in [2.24, 2.45) is 13.0 Å². The standard InChI is InChI=1S/C44H46N10O5/c1-28-9-14-35(47-23-28)40-36(48-42(56)31-22-32(45-2)25-46-24-31)27-53(50-40)33-12-10-29(11-13-33)26-52-19-17-34(18-20-52)59-21-5-7-30-6-4-8-37-41(30)51(3)44(58)54(37)38-15-16-39(55)49-43(38)57/h4,6,8-9,14,22-25,27,29,33-34,38H,10-13,15-21,26H2,1,3H3,(H,48,56)(H,49,55,57). The molecule has 0 spiro atoms. The molecular weight excluding hydrogens is 749 g/mol. The Hall–Kier alpha value is -6.42. The van der Waals surface area contributed by atoms with Crippen LogP contribution in [0, 0.1) is 31.3 Å². The van der Waals surface area contributed by atoms with Gasteiger partial charge in [-0.3, -0.25) is 43.5 Å². The molecule has 59 heavy (non-hydrogen) atoms. The Balaban J connectivity index is 0.829. The fourth-order valence-electron chi connectivity index (χ4n) is 8.55. The van der Waals surface area contributed by atoms with Crippen molar-refractivity contribution < 1.29 is 19.1 Å². The van der Waals surface area contributed by atoms with Gasteiger partial charge < -0.3 is 15.0 Å². The van der Waals surface area contributed by atoms with E-state index in [2.05, 4.69) is 42.2 Å². The van der Waals surface area contributed by atoms with E-state index in [1.165, 1.54) is 27.6 Å². The molecule has 302 valence electrons. The highest BCUT2D eigenvalue weighted by molar-refractivity contribution is 6.06. The molecule has 3 fully saturated rings. The van der Waals surface area contributed by atoms with Crippen LogP contribution in [0.25, 0.3) is 27.3 Å². The van der Waals surface area contributed by atoms with E-state index in [1.807, 2.05) is 42.1 Å². The summed E-state index contributed by atoms with van der Waals surface area (Å²) in [7, 11) is 1.67. The maximum absolute atomic E-state index is 13.2. The Labute approximate surface area is 341 Å². The molecule has 1 atom stereocenters. The number of ether oxygens (including phenoxy) is 1. The van der Waals surface area contributed by atoms with E-state index in [9.17, 15) is 19.2 Å². The summed E-state index contributed by atoms with van der Waals surface area (Å²) in [6, 6.07) is 10.4. The van der Waals surface area contributed by atoms with E-state index in [1.54, 1.807) is 19.3 Å². The molecule has 15 nitrogen and oxygen atoms in total. The summed E-state index contributed by atoms with van der Waals surface area (Å²) in [6.45, 7) is 12.5. The van der Waals surface area contributed by atoms with Crippen LogP contribution < -0.4 is 16.3 Å². The van der Waals surface area contributed by atoms with Crippen LogP contribution in [0.4, 0.5) is 11.4 Å². The number of imide groups is 1. The van der Waals surface area contributed by atoms with E-state index in [0.29, 0.717) is 50.8 Å². The number of amides is 3. The normalized spacial score (nSPS) is 20.1. The number of para-hydroxylation sites is 1. The first kappa shape index (κ1) is 39.4. The first-order valence-corrected chi connectivity index (χ1v) is 20.2.